The number of carbonyl (C=O) groups excluding carboxylic acids is 2. The molecule has 128 valence electrons. The largest absolute Gasteiger partial charge is 0.465 e. The van der Waals surface area contributed by atoms with E-state index in [4.69, 9.17) is 4.42 Å². The summed E-state index contributed by atoms with van der Waals surface area (Å²) in [4.78, 5) is 23.9. The fourth-order valence-electron chi connectivity index (χ4n) is 2.75. The summed E-state index contributed by atoms with van der Waals surface area (Å²) in [5.41, 5.74) is 4.82. The summed E-state index contributed by atoms with van der Waals surface area (Å²) in [6.45, 7) is 4.03. The Kier molecular flexibility index (Phi) is 4.57. The average molecular weight is 337 g/mol. The van der Waals surface area contributed by atoms with E-state index in [1.165, 1.54) is 7.11 Å². The molecule has 0 aliphatic heterocycles. The molecule has 1 amide bonds. The zero-order chi connectivity index (χ0) is 18.0. The smallest absolute Gasteiger partial charge is 0.337 e. The number of aryl methyl sites for hydroxylation is 2. The molecule has 0 radical (unpaired) electrons. The van der Waals surface area contributed by atoms with E-state index in [-0.39, 0.29) is 12.3 Å². The van der Waals surface area contributed by atoms with Crippen LogP contribution in [0.4, 0.5) is 5.69 Å². The lowest BCUT2D eigenvalue weighted by molar-refractivity contribution is -0.115. The third kappa shape index (κ3) is 3.40. The summed E-state index contributed by atoms with van der Waals surface area (Å²) in [7, 11) is 1.32. The minimum atomic E-state index is -0.442. The lowest BCUT2D eigenvalue weighted by Gasteiger charge is -2.06. The van der Waals surface area contributed by atoms with Crippen LogP contribution < -0.4 is 5.32 Å². The number of furan rings is 1. The molecule has 25 heavy (non-hydrogen) atoms. The van der Waals surface area contributed by atoms with Gasteiger partial charge < -0.3 is 14.5 Å². The number of hydrogen-bond acceptors (Lipinski definition) is 4. The zero-order valence-electron chi connectivity index (χ0n) is 14.4. The average Bonchev–Trinajstić information content (AvgIpc) is 3.01. The molecule has 3 aromatic rings. The first kappa shape index (κ1) is 16.8. The third-order valence-corrected chi connectivity index (χ3v) is 4.26. The molecule has 2 aromatic carbocycles. The Balaban J connectivity index is 1.77. The standard InChI is InChI=1S/C20H19NO4/c1-12-7-8-17-15(11-25-19(17)13(12)2)10-18(22)21-16-6-4-5-14(9-16)20(23)24-3/h4-9,11H,10H2,1-3H3,(H,21,22). The summed E-state index contributed by atoms with van der Waals surface area (Å²) in [5.74, 6) is -0.620. The van der Waals surface area contributed by atoms with Crippen LogP contribution >= 0.6 is 0 Å². The van der Waals surface area contributed by atoms with Crippen LogP contribution in [0.5, 0.6) is 0 Å². The highest BCUT2D eigenvalue weighted by Crippen LogP contribution is 2.27. The van der Waals surface area contributed by atoms with Crippen LogP contribution in [-0.2, 0) is 16.0 Å². The minimum absolute atomic E-state index is 0.178. The van der Waals surface area contributed by atoms with E-state index >= 15 is 0 Å². The topological polar surface area (TPSA) is 68.5 Å². The van der Waals surface area contributed by atoms with Crippen molar-refractivity contribution in [3.05, 3.63) is 64.9 Å². The number of esters is 1. The number of ether oxygens (including phenoxy) is 1. The van der Waals surface area contributed by atoms with E-state index in [1.54, 1.807) is 30.5 Å². The van der Waals surface area contributed by atoms with Crippen LogP contribution in [0.15, 0.2) is 47.1 Å². The van der Waals surface area contributed by atoms with Crippen LogP contribution in [-0.4, -0.2) is 19.0 Å². The van der Waals surface area contributed by atoms with Gasteiger partial charge in [-0.25, -0.2) is 4.79 Å². The number of rotatable bonds is 4. The van der Waals surface area contributed by atoms with Crippen molar-refractivity contribution in [2.24, 2.45) is 0 Å². The number of nitrogens with one attached hydrogen (secondary N) is 1. The highest BCUT2D eigenvalue weighted by atomic mass is 16.5. The van der Waals surface area contributed by atoms with Gasteiger partial charge >= 0.3 is 5.97 Å². The Labute approximate surface area is 145 Å². The molecule has 0 unspecified atom stereocenters. The number of hydrogen-bond donors (Lipinski definition) is 1. The number of benzene rings is 2. The van der Waals surface area contributed by atoms with E-state index in [2.05, 4.69) is 10.1 Å². The summed E-state index contributed by atoms with van der Waals surface area (Å²) in [5, 5.41) is 3.75. The van der Waals surface area contributed by atoms with Crippen molar-refractivity contribution in [3.8, 4) is 0 Å². The first-order valence-corrected chi connectivity index (χ1v) is 7.94. The van der Waals surface area contributed by atoms with Gasteiger partial charge in [-0.05, 0) is 43.2 Å². The fourth-order valence-corrected chi connectivity index (χ4v) is 2.75. The normalized spacial score (nSPS) is 10.7. The molecule has 0 aliphatic carbocycles. The van der Waals surface area contributed by atoms with Crippen molar-refractivity contribution in [1.29, 1.82) is 0 Å². The van der Waals surface area contributed by atoms with Crippen LogP contribution in [0.3, 0.4) is 0 Å². The minimum Gasteiger partial charge on any atom is -0.465 e. The molecule has 5 nitrogen and oxygen atoms in total. The van der Waals surface area contributed by atoms with Crippen molar-refractivity contribution in [3.63, 3.8) is 0 Å². The summed E-state index contributed by atoms with van der Waals surface area (Å²) in [6, 6.07) is 10.6. The zero-order valence-corrected chi connectivity index (χ0v) is 14.4. The van der Waals surface area contributed by atoms with Gasteiger partial charge in [0.1, 0.15) is 5.58 Å². The second kappa shape index (κ2) is 6.81. The maximum atomic E-state index is 12.4. The lowest BCUT2D eigenvalue weighted by atomic mass is 10.0. The highest BCUT2D eigenvalue weighted by molar-refractivity contribution is 5.97. The van der Waals surface area contributed by atoms with Crippen molar-refractivity contribution < 1.29 is 18.7 Å². The molecule has 5 heteroatoms. The number of anilines is 1. The van der Waals surface area contributed by atoms with Gasteiger partial charge in [-0.3, -0.25) is 4.79 Å². The quantitative estimate of drug-likeness (QED) is 0.730. The van der Waals surface area contributed by atoms with E-state index in [9.17, 15) is 9.59 Å². The van der Waals surface area contributed by atoms with E-state index in [1.807, 2.05) is 26.0 Å². The van der Waals surface area contributed by atoms with Gasteiger partial charge in [-0.2, -0.15) is 0 Å². The molecule has 0 fully saturated rings. The van der Waals surface area contributed by atoms with Crippen LogP contribution in [0, 0.1) is 13.8 Å². The van der Waals surface area contributed by atoms with Crippen LogP contribution in [0.2, 0.25) is 0 Å². The predicted molar refractivity (Wildman–Crippen MR) is 95.8 cm³/mol. The summed E-state index contributed by atoms with van der Waals surface area (Å²) < 4.78 is 10.3. The van der Waals surface area contributed by atoms with Crippen LogP contribution in [0.1, 0.15) is 27.0 Å². The second-order valence-electron chi connectivity index (χ2n) is 5.94. The SMILES string of the molecule is COC(=O)c1cccc(NC(=O)Cc2coc3c(C)c(C)ccc23)c1. The van der Waals surface area contributed by atoms with Gasteiger partial charge in [-0.15, -0.1) is 0 Å². The Bertz CT molecular complexity index is 955. The van der Waals surface area contributed by atoms with Gasteiger partial charge in [0.25, 0.3) is 0 Å². The van der Waals surface area contributed by atoms with Gasteiger partial charge in [0.15, 0.2) is 0 Å². The van der Waals surface area contributed by atoms with Gasteiger partial charge in [0.2, 0.25) is 5.91 Å². The molecule has 0 aliphatic rings. The summed E-state index contributed by atoms with van der Waals surface area (Å²) >= 11 is 0. The van der Waals surface area contributed by atoms with Crippen molar-refractivity contribution in [2.45, 2.75) is 20.3 Å². The molecule has 1 N–H and O–H groups in total. The first-order chi connectivity index (χ1) is 12.0. The molecule has 1 aromatic heterocycles. The third-order valence-electron chi connectivity index (χ3n) is 4.26. The Morgan fingerprint density at radius 1 is 1.16 bits per heavy atom. The number of amides is 1. The molecular weight excluding hydrogens is 318 g/mol. The van der Waals surface area contributed by atoms with Crippen molar-refractivity contribution in [1.82, 2.24) is 0 Å². The van der Waals surface area contributed by atoms with Gasteiger partial charge in [-0.1, -0.05) is 18.2 Å². The molecular formula is C20H19NO4. The first-order valence-electron chi connectivity index (χ1n) is 7.94. The Morgan fingerprint density at radius 2 is 1.96 bits per heavy atom. The highest BCUT2D eigenvalue weighted by Gasteiger charge is 2.13. The molecule has 0 spiro atoms. The number of carbonyl (C=O) groups is 2. The van der Waals surface area contributed by atoms with E-state index in [0.29, 0.717) is 11.3 Å². The van der Waals surface area contributed by atoms with Gasteiger partial charge in [0, 0.05) is 16.6 Å². The summed E-state index contributed by atoms with van der Waals surface area (Å²) in [6.07, 6.45) is 1.82. The van der Waals surface area contributed by atoms with E-state index in [0.717, 1.165) is 27.7 Å². The molecule has 0 atom stereocenters. The molecule has 1 heterocycles. The van der Waals surface area contributed by atoms with Crippen molar-refractivity contribution >= 4 is 28.5 Å². The monoisotopic (exact) mass is 337 g/mol. The molecule has 3 rings (SSSR count). The van der Waals surface area contributed by atoms with Crippen molar-refractivity contribution in [2.75, 3.05) is 12.4 Å². The Morgan fingerprint density at radius 3 is 2.72 bits per heavy atom. The number of methoxy groups -OCH3 is 1. The second-order valence-corrected chi connectivity index (χ2v) is 5.94. The number of fused-ring (bicyclic) bond motifs is 1. The maximum absolute atomic E-state index is 12.4. The predicted octanol–water partition coefficient (Wildman–Crippen LogP) is 4.02. The van der Waals surface area contributed by atoms with Crippen LogP contribution in [0.25, 0.3) is 11.0 Å². The Hall–Kier alpha value is -3.08. The molecule has 0 saturated carbocycles. The molecule has 0 bridgehead atoms. The maximum Gasteiger partial charge on any atom is 0.337 e. The van der Waals surface area contributed by atoms with E-state index < -0.39 is 5.97 Å². The fraction of sp³-hybridized carbons (Fsp3) is 0.200. The van der Waals surface area contributed by atoms with Gasteiger partial charge in [0.05, 0.1) is 25.4 Å². The lowest BCUT2D eigenvalue weighted by Crippen LogP contribution is -2.14. The molecule has 0 saturated heterocycles.